The van der Waals surface area contributed by atoms with Gasteiger partial charge >= 0.3 is 0 Å². The van der Waals surface area contributed by atoms with Gasteiger partial charge in [0.1, 0.15) is 0 Å². The highest BCUT2D eigenvalue weighted by Crippen LogP contribution is 2.19. The molecular weight excluding hydrogens is 232 g/mol. The molecule has 0 aliphatic carbocycles. The van der Waals surface area contributed by atoms with Crippen molar-refractivity contribution in [3.05, 3.63) is 5.89 Å². The monoisotopic (exact) mass is 254 g/mol. The zero-order valence-electron chi connectivity index (χ0n) is 11.0. The number of hydrogen-bond acceptors (Lipinski definition) is 6. The van der Waals surface area contributed by atoms with Gasteiger partial charge in [-0.2, -0.15) is 4.98 Å². The molecule has 1 unspecified atom stereocenters. The first-order chi connectivity index (χ1) is 8.81. The summed E-state index contributed by atoms with van der Waals surface area (Å²) in [6, 6.07) is -0.238. The predicted octanol–water partition coefficient (Wildman–Crippen LogP) is 1.49. The second-order valence-electron chi connectivity index (χ2n) is 4.72. The number of aromatic nitrogens is 2. The van der Waals surface area contributed by atoms with Crippen LogP contribution in [0.1, 0.15) is 44.0 Å². The van der Waals surface area contributed by atoms with E-state index in [2.05, 4.69) is 15.0 Å². The lowest BCUT2D eigenvalue weighted by atomic mass is 10.2. The Labute approximate surface area is 107 Å². The van der Waals surface area contributed by atoms with E-state index in [9.17, 15) is 0 Å². The van der Waals surface area contributed by atoms with E-state index >= 15 is 0 Å². The van der Waals surface area contributed by atoms with E-state index in [0.29, 0.717) is 24.9 Å². The highest BCUT2D eigenvalue weighted by molar-refractivity contribution is 5.27. The summed E-state index contributed by atoms with van der Waals surface area (Å²) < 4.78 is 10.2. The fraction of sp³-hybridized carbons (Fsp3) is 0.833. The third kappa shape index (κ3) is 3.43. The number of nitrogens with two attached hydrogens (primary N) is 1. The quantitative estimate of drug-likeness (QED) is 0.857. The topological polar surface area (TPSA) is 77.4 Å². The first kappa shape index (κ1) is 13.3. The SMILES string of the molecule is COCCC(N)c1nc(N2CCCCCC2)no1. The summed E-state index contributed by atoms with van der Waals surface area (Å²) >= 11 is 0. The molecule has 102 valence electrons. The van der Waals surface area contributed by atoms with Gasteiger partial charge in [-0.15, -0.1) is 0 Å². The van der Waals surface area contributed by atoms with Crippen LogP contribution in [-0.2, 0) is 4.74 Å². The Morgan fingerprint density at radius 1 is 1.33 bits per heavy atom. The Kier molecular flexibility index (Phi) is 4.95. The van der Waals surface area contributed by atoms with Gasteiger partial charge in [-0.05, 0) is 24.4 Å². The van der Waals surface area contributed by atoms with Crippen LogP contribution in [-0.4, -0.2) is 36.9 Å². The smallest absolute Gasteiger partial charge is 0.266 e. The summed E-state index contributed by atoms with van der Waals surface area (Å²) in [6.45, 7) is 2.61. The van der Waals surface area contributed by atoms with Gasteiger partial charge in [-0.25, -0.2) is 0 Å². The third-order valence-electron chi connectivity index (χ3n) is 3.27. The molecule has 1 fully saturated rings. The first-order valence-corrected chi connectivity index (χ1v) is 6.64. The Morgan fingerprint density at radius 2 is 2.06 bits per heavy atom. The van der Waals surface area contributed by atoms with Crippen molar-refractivity contribution in [3.8, 4) is 0 Å². The van der Waals surface area contributed by atoms with Gasteiger partial charge < -0.3 is 19.9 Å². The van der Waals surface area contributed by atoms with E-state index in [4.69, 9.17) is 15.0 Å². The standard InChI is InChI=1S/C12H22N4O2/c1-17-9-6-10(13)11-14-12(15-18-11)16-7-4-2-3-5-8-16/h10H,2-9,13H2,1H3. The van der Waals surface area contributed by atoms with Gasteiger partial charge in [0.2, 0.25) is 5.89 Å². The maximum Gasteiger partial charge on any atom is 0.266 e. The van der Waals surface area contributed by atoms with Crippen molar-refractivity contribution >= 4 is 5.95 Å². The van der Waals surface area contributed by atoms with Crippen LogP contribution in [0.3, 0.4) is 0 Å². The van der Waals surface area contributed by atoms with E-state index < -0.39 is 0 Å². The minimum Gasteiger partial charge on any atom is -0.385 e. The zero-order chi connectivity index (χ0) is 12.8. The lowest BCUT2D eigenvalue weighted by molar-refractivity contribution is 0.182. The molecule has 1 aliphatic heterocycles. The normalized spacial score (nSPS) is 18.7. The van der Waals surface area contributed by atoms with Gasteiger partial charge in [0.05, 0.1) is 6.04 Å². The molecule has 1 aromatic rings. The van der Waals surface area contributed by atoms with Crippen LogP contribution in [0.15, 0.2) is 4.52 Å². The molecule has 2 rings (SSSR count). The lowest BCUT2D eigenvalue weighted by Gasteiger charge is -2.16. The number of anilines is 1. The number of rotatable bonds is 5. The van der Waals surface area contributed by atoms with Crippen LogP contribution in [0.5, 0.6) is 0 Å². The van der Waals surface area contributed by atoms with Crippen LogP contribution in [0.25, 0.3) is 0 Å². The minimum absolute atomic E-state index is 0.238. The van der Waals surface area contributed by atoms with Crippen LogP contribution in [0.4, 0.5) is 5.95 Å². The summed E-state index contributed by atoms with van der Waals surface area (Å²) in [7, 11) is 1.66. The summed E-state index contributed by atoms with van der Waals surface area (Å²) in [5.41, 5.74) is 5.96. The minimum atomic E-state index is -0.238. The van der Waals surface area contributed by atoms with Gasteiger partial charge in [0.25, 0.3) is 5.95 Å². The summed E-state index contributed by atoms with van der Waals surface area (Å²) in [4.78, 5) is 6.58. The molecule has 6 nitrogen and oxygen atoms in total. The van der Waals surface area contributed by atoms with E-state index in [-0.39, 0.29) is 6.04 Å². The van der Waals surface area contributed by atoms with Crippen molar-refractivity contribution in [3.63, 3.8) is 0 Å². The Morgan fingerprint density at radius 3 is 2.72 bits per heavy atom. The largest absolute Gasteiger partial charge is 0.385 e. The molecule has 0 spiro atoms. The molecule has 0 amide bonds. The molecule has 1 aromatic heterocycles. The Balaban J connectivity index is 1.95. The molecule has 0 saturated carbocycles. The molecule has 2 heterocycles. The molecule has 18 heavy (non-hydrogen) atoms. The van der Waals surface area contributed by atoms with Crippen LogP contribution < -0.4 is 10.6 Å². The average molecular weight is 254 g/mol. The second kappa shape index (κ2) is 6.70. The maximum absolute atomic E-state index is 5.96. The lowest BCUT2D eigenvalue weighted by Crippen LogP contribution is -2.25. The number of hydrogen-bond donors (Lipinski definition) is 1. The van der Waals surface area contributed by atoms with E-state index in [1.54, 1.807) is 7.11 Å². The van der Waals surface area contributed by atoms with Crippen LogP contribution in [0, 0.1) is 0 Å². The molecule has 1 atom stereocenters. The molecule has 0 bridgehead atoms. The van der Waals surface area contributed by atoms with Crippen molar-refractivity contribution in [1.29, 1.82) is 0 Å². The van der Waals surface area contributed by atoms with E-state index in [1.807, 2.05) is 0 Å². The van der Waals surface area contributed by atoms with Crippen molar-refractivity contribution < 1.29 is 9.26 Å². The van der Waals surface area contributed by atoms with Crippen molar-refractivity contribution in [2.75, 3.05) is 31.7 Å². The molecule has 6 heteroatoms. The first-order valence-electron chi connectivity index (χ1n) is 6.64. The fourth-order valence-corrected chi connectivity index (χ4v) is 2.15. The molecule has 1 saturated heterocycles. The number of methoxy groups -OCH3 is 1. The van der Waals surface area contributed by atoms with E-state index in [1.165, 1.54) is 25.7 Å². The van der Waals surface area contributed by atoms with Gasteiger partial charge in [0.15, 0.2) is 0 Å². The van der Waals surface area contributed by atoms with Crippen LogP contribution >= 0.6 is 0 Å². The summed E-state index contributed by atoms with van der Waals surface area (Å²) in [5, 5.41) is 4.03. The fourth-order valence-electron chi connectivity index (χ4n) is 2.15. The molecular formula is C12H22N4O2. The third-order valence-corrected chi connectivity index (χ3v) is 3.27. The molecule has 0 aromatic carbocycles. The maximum atomic E-state index is 5.96. The Bertz CT molecular complexity index is 348. The summed E-state index contributed by atoms with van der Waals surface area (Å²) in [5.74, 6) is 1.19. The molecule has 2 N–H and O–H groups in total. The highest BCUT2D eigenvalue weighted by Gasteiger charge is 2.19. The molecule has 1 aliphatic rings. The predicted molar refractivity (Wildman–Crippen MR) is 68.4 cm³/mol. The number of ether oxygens (including phenoxy) is 1. The molecule has 0 radical (unpaired) electrons. The number of nitrogens with zero attached hydrogens (tertiary/aromatic N) is 3. The van der Waals surface area contributed by atoms with Gasteiger partial charge in [-0.3, -0.25) is 0 Å². The highest BCUT2D eigenvalue weighted by atomic mass is 16.5. The van der Waals surface area contributed by atoms with Crippen LogP contribution in [0.2, 0.25) is 0 Å². The Hall–Kier alpha value is -1.14. The average Bonchev–Trinajstić information content (AvgIpc) is 2.72. The van der Waals surface area contributed by atoms with Crippen molar-refractivity contribution in [2.45, 2.75) is 38.1 Å². The van der Waals surface area contributed by atoms with Crippen molar-refractivity contribution in [1.82, 2.24) is 10.1 Å². The second-order valence-corrected chi connectivity index (χ2v) is 4.72. The van der Waals surface area contributed by atoms with Gasteiger partial charge in [0, 0.05) is 26.8 Å². The van der Waals surface area contributed by atoms with Gasteiger partial charge in [-0.1, -0.05) is 12.8 Å². The summed E-state index contributed by atoms with van der Waals surface area (Å²) in [6.07, 6.45) is 5.65. The van der Waals surface area contributed by atoms with E-state index in [0.717, 1.165) is 13.1 Å². The zero-order valence-corrected chi connectivity index (χ0v) is 11.0. The van der Waals surface area contributed by atoms with Crippen molar-refractivity contribution in [2.24, 2.45) is 5.73 Å².